The molecule has 170 valence electrons. The first-order chi connectivity index (χ1) is 16.1. The van der Waals surface area contributed by atoms with Gasteiger partial charge in [-0.25, -0.2) is 9.98 Å². The molecule has 10 heteroatoms. The van der Waals surface area contributed by atoms with Gasteiger partial charge in [0.15, 0.2) is 10.6 Å². The summed E-state index contributed by atoms with van der Waals surface area (Å²) >= 11 is 3.23. The maximum absolute atomic E-state index is 5.84. The predicted molar refractivity (Wildman–Crippen MR) is 139 cm³/mol. The molecule has 8 nitrogen and oxygen atoms in total. The molecular weight excluding hydrogens is 452 g/mol. The Kier molecular flexibility index (Phi) is 6.47. The largest absolute Gasteiger partial charge is 0.399 e. The van der Waals surface area contributed by atoms with Gasteiger partial charge >= 0.3 is 0 Å². The van der Waals surface area contributed by atoms with Crippen LogP contribution in [0.25, 0.3) is 10.4 Å². The summed E-state index contributed by atoms with van der Waals surface area (Å²) in [5.41, 5.74) is 7.53. The van der Waals surface area contributed by atoms with Crippen LogP contribution in [0.15, 0.2) is 75.7 Å². The van der Waals surface area contributed by atoms with Crippen LogP contribution in [0, 0.1) is 0 Å². The van der Waals surface area contributed by atoms with Crippen LogP contribution in [-0.4, -0.2) is 65.4 Å². The van der Waals surface area contributed by atoms with Crippen LogP contribution in [0.3, 0.4) is 0 Å². The van der Waals surface area contributed by atoms with Crippen LogP contribution < -0.4 is 16.4 Å². The first kappa shape index (κ1) is 21.7. The Morgan fingerprint density at radius 2 is 1.82 bits per heavy atom. The number of guanidine groups is 2. The number of nitrogens with two attached hydrogens (primary N) is 1. The van der Waals surface area contributed by atoms with E-state index in [4.69, 9.17) is 15.7 Å². The van der Waals surface area contributed by atoms with E-state index in [1.54, 1.807) is 23.1 Å². The van der Waals surface area contributed by atoms with Gasteiger partial charge in [0, 0.05) is 43.0 Å². The lowest BCUT2D eigenvalue weighted by Crippen LogP contribution is -2.50. The number of thioether (sulfide) groups is 1. The molecule has 2 aromatic carbocycles. The van der Waals surface area contributed by atoms with Gasteiger partial charge in [0.1, 0.15) is 0 Å². The quantitative estimate of drug-likeness (QED) is 0.495. The van der Waals surface area contributed by atoms with E-state index in [1.807, 2.05) is 48.7 Å². The van der Waals surface area contributed by atoms with Crippen molar-refractivity contribution >= 4 is 45.8 Å². The molecule has 1 atom stereocenters. The van der Waals surface area contributed by atoms with Crippen LogP contribution in [-0.2, 0) is 0 Å². The van der Waals surface area contributed by atoms with E-state index in [-0.39, 0.29) is 5.50 Å². The Morgan fingerprint density at radius 3 is 2.58 bits per heavy atom. The van der Waals surface area contributed by atoms with E-state index >= 15 is 0 Å². The zero-order chi connectivity index (χ0) is 22.6. The van der Waals surface area contributed by atoms with E-state index in [2.05, 4.69) is 44.6 Å². The van der Waals surface area contributed by atoms with Gasteiger partial charge in [0.2, 0.25) is 11.9 Å². The molecule has 1 aromatic heterocycles. The van der Waals surface area contributed by atoms with Gasteiger partial charge in [-0.1, -0.05) is 53.4 Å². The summed E-state index contributed by atoms with van der Waals surface area (Å²) in [5.74, 6) is 1.40. The molecule has 1 unspecified atom stereocenters. The number of thiazole rings is 1. The number of benzene rings is 2. The van der Waals surface area contributed by atoms with Gasteiger partial charge in [-0.3, -0.25) is 0 Å². The van der Waals surface area contributed by atoms with Crippen LogP contribution in [0.4, 0.5) is 10.8 Å². The average molecular weight is 479 g/mol. The molecule has 33 heavy (non-hydrogen) atoms. The predicted octanol–water partition coefficient (Wildman–Crippen LogP) is 3.44. The third-order valence-electron chi connectivity index (χ3n) is 5.41. The Morgan fingerprint density at radius 1 is 1.06 bits per heavy atom. The minimum Gasteiger partial charge on any atom is -0.399 e. The number of likely N-dealkylation sites (N-methyl/N-ethyl adjacent to an activating group) is 1. The molecule has 2 aliphatic heterocycles. The molecule has 5 rings (SSSR count). The SMILES string of the molecule is CN1CCN(C2=NC(Sc3ccc(N)cc3)NC(Nc3ncc(-c4ccccc4)s3)=N2)CC1. The Bertz CT molecular complexity index is 1130. The van der Waals surface area contributed by atoms with Crippen LogP contribution in [0.2, 0.25) is 0 Å². The minimum absolute atomic E-state index is 0.211. The monoisotopic (exact) mass is 478 g/mol. The van der Waals surface area contributed by atoms with Crippen LogP contribution in [0.5, 0.6) is 0 Å². The zero-order valence-corrected chi connectivity index (χ0v) is 19.9. The highest BCUT2D eigenvalue weighted by atomic mass is 32.2. The fourth-order valence-corrected chi connectivity index (χ4v) is 5.23. The summed E-state index contributed by atoms with van der Waals surface area (Å²) in [6, 6.07) is 18.1. The number of anilines is 2. The van der Waals surface area contributed by atoms with Crippen molar-refractivity contribution < 1.29 is 0 Å². The summed E-state index contributed by atoms with van der Waals surface area (Å²) in [4.78, 5) is 21.0. The summed E-state index contributed by atoms with van der Waals surface area (Å²) in [6.07, 6.45) is 1.89. The Balaban J connectivity index is 1.35. The molecule has 3 aromatic rings. The molecule has 0 aliphatic carbocycles. The van der Waals surface area contributed by atoms with Crippen molar-refractivity contribution in [2.24, 2.45) is 9.98 Å². The number of aliphatic imine (C=N–C) groups is 2. The van der Waals surface area contributed by atoms with Crippen molar-refractivity contribution in [2.75, 3.05) is 44.3 Å². The molecule has 0 saturated carbocycles. The molecule has 0 bridgehead atoms. The Labute approximate surface area is 201 Å². The number of nitrogens with zero attached hydrogens (tertiary/aromatic N) is 5. The first-order valence-electron chi connectivity index (χ1n) is 10.8. The van der Waals surface area contributed by atoms with Gasteiger partial charge in [-0.2, -0.15) is 4.99 Å². The molecule has 4 N–H and O–H groups in total. The third kappa shape index (κ3) is 5.47. The molecule has 0 radical (unpaired) electrons. The first-order valence-corrected chi connectivity index (χ1v) is 12.5. The highest BCUT2D eigenvalue weighted by Gasteiger charge is 2.24. The number of rotatable bonds is 4. The smallest absolute Gasteiger partial charge is 0.226 e. The molecule has 0 amide bonds. The van der Waals surface area contributed by atoms with E-state index in [0.717, 1.165) is 58.3 Å². The second-order valence-electron chi connectivity index (χ2n) is 7.88. The van der Waals surface area contributed by atoms with Crippen molar-refractivity contribution in [3.63, 3.8) is 0 Å². The normalized spacial score (nSPS) is 18.9. The number of aromatic nitrogens is 1. The highest BCUT2D eigenvalue weighted by molar-refractivity contribution is 8.00. The molecule has 1 saturated heterocycles. The van der Waals surface area contributed by atoms with Crippen molar-refractivity contribution in [1.29, 1.82) is 0 Å². The second kappa shape index (κ2) is 9.82. The van der Waals surface area contributed by atoms with Crippen molar-refractivity contribution in [3.05, 3.63) is 60.8 Å². The van der Waals surface area contributed by atoms with Crippen molar-refractivity contribution in [2.45, 2.75) is 10.4 Å². The van der Waals surface area contributed by atoms with Gasteiger partial charge in [0.05, 0.1) is 4.88 Å². The van der Waals surface area contributed by atoms with Crippen molar-refractivity contribution in [3.8, 4) is 10.4 Å². The lowest BCUT2D eigenvalue weighted by atomic mass is 10.2. The fourth-order valence-electron chi connectivity index (χ4n) is 3.54. The molecule has 1 fully saturated rings. The third-order valence-corrected chi connectivity index (χ3v) is 7.36. The number of nitrogens with one attached hydrogen (secondary N) is 2. The number of hydrogen-bond acceptors (Lipinski definition) is 10. The standard InChI is InChI=1S/C23H26N8S2/c1-30-11-13-31(14-12-30)21-26-20(28-23(29-21)32-18-9-7-17(24)8-10-18)27-22-25-15-19(33-22)16-5-3-2-4-6-16/h2-10,15,23H,11-14,24H2,1H3,(H2,25,26,27,28,29). The number of hydrogen-bond donors (Lipinski definition) is 3. The molecule has 3 heterocycles. The minimum atomic E-state index is -0.211. The number of piperazine rings is 1. The van der Waals surface area contributed by atoms with E-state index in [1.165, 1.54) is 0 Å². The lowest BCUT2D eigenvalue weighted by Gasteiger charge is -2.35. The van der Waals surface area contributed by atoms with E-state index in [9.17, 15) is 0 Å². The average Bonchev–Trinajstić information content (AvgIpc) is 3.30. The topological polar surface area (TPSA) is 94.2 Å². The summed E-state index contributed by atoms with van der Waals surface area (Å²) in [5, 5.41) is 7.56. The maximum atomic E-state index is 5.84. The fraction of sp³-hybridized carbons (Fsp3) is 0.261. The Hall–Kier alpha value is -3.08. The van der Waals surface area contributed by atoms with Gasteiger partial charge < -0.3 is 26.2 Å². The summed E-state index contributed by atoms with van der Waals surface area (Å²) in [6.45, 7) is 3.79. The maximum Gasteiger partial charge on any atom is 0.226 e. The zero-order valence-electron chi connectivity index (χ0n) is 18.3. The summed E-state index contributed by atoms with van der Waals surface area (Å²) in [7, 11) is 2.14. The van der Waals surface area contributed by atoms with Crippen molar-refractivity contribution in [1.82, 2.24) is 20.1 Å². The van der Waals surface area contributed by atoms with Gasteiger partial charge in [0.25, 0.3) is 0 Å². The highest BCUT2D eigenvalue weighted by Crippen LogP contribution is 2.29. The van der Waals surface area contributed by atoms with Gasteiger partial charge in [-0.15, -0.1) is 0 Å². The van der Waals surface area contributed by atoms with E-state index in [0.29, 0.717) is 5.96 Å². The van der Waals surface area contributed by atoms with Gasteiger partial charge in [-0.05, 0) is 36.9 Å². The van der Waals surface area contributed by atoms with E-state index < -0.39 is 0 Å². The second-order valence-corrected chi connectivity index (χ2v) is 10.1. The molecule has 2 aliphatic rings. The van der Waals surface area contributed by atoms with Crippen LogP contribution >= 0.6 is 23.1 Å². The van der Waals surface area contributed by atoms with Crippen LogP contribution in [0.1, 0.15) is 0 Å². The molecule has 0 spiro atoms. The summed E-state index contributed by atoms with van der Waals surface area (Å²) < 4.78 is 0. The molecular formula is C23H26N8S2. The number of nitrogen functional groups attached to an aromatic ring is 1. The lowest BCUT2D eigenvalue weighted by molar-refractivity contribution is 0.213.